The molecule has 0 aliphatic rings. The Balaban J connectivity index is 0. The lowest BCUT2D eigenvalue weighted by molar-refractivity contribution is 1.33. The number of rotatable bonds is 3. The van der Waals surface area contributed by atoms with Crippen molar-refractivity contribution < 1.29 is 0 Å². The lowest BCUT2D eigenvalue weighted by Crippen LogP contribution is -1.85. The van der Waals surface area contributed by atoms with Gasteiger partial charge in [0, 0.05) is 0 Å². The van der Waals surface area contributed by atoms with E-state index >= 15 is 0 Å². The Morgan fingerprint density at radius 1 is 0.900 bits per heavy atom. The van der Waals surface area contributed by atoms with Gasteiger partial charge in [0.05, 0.1) is 0 Å². The number of aryl methyl sites for hydroxylation is 2. The molecule has 0 aromatic heterocycles. The Morgan fingerprint density at radius 3 is 1.90 bits per heavy atom. The molecule has 1 aromatic rings. The number of allylic oxidation sites excluding steroid dienone is 5. The van der Waals surface area contributed by atoms with E-state index in [2.05, 4.69) is 64.6 Å². The molecule has 0 atom stereocenters. The van der Waals surface area contributed by atoms with Crippen molar-refractivity contribution in [2.75, 3.05) is 0 Å². The molecule has 0 amide bonds. The molecule has 0 saturated heterocycles. The lowest BCUT2D eigenvalue weighted by Gasteiger charge is -2.05. The van der Waals surface area contributed by atoms with Crippen LogP contribution in [0.3, 0.4) is 0 Å². The highest BCUT2D eigenvalue weighted by molar-refractivity contribution is 5.66. The molecule has 0 fully saturated rings. The van der Waals surface area contributed by atoms with Crippen molar-refractivity contribution >= 4 is 5.57 Å². The van der Waals surface area contributed by atoms with Crippen LogP contribution in [0.5, 0.6) is 0 Å². The Labute approximate surface area is 126 Å². The predicted octanol–water partition coefficient (Wildman–Crippen LogP) is 6.89. The van der Waals surface area contributed by atoms with Crippen LogP contribution in [-0.2, 0) is 0 Å². The van der Waals surface area contributed by atoms with Crippen LogP contribution >= 0.6 is 0 Å². The topological polar surface area (TPSA) is 0 Å². The average molecular weight is 272 g/mol. The molecule has 0 heterocycles. The Bertz CT molecular complexity index is 445. The average Bonchev–Trinajstić information content (AvgIpc) is 2.51. The summed E-state index contributed by atoms with van der Waals surface area (Å²) < 4.78 is 0. The SMILES string of the molecule is C=C/C(C)=C\C=C(/C)c1ccc(C)c(C)c1.CC.CC. The van der Waals surface area contributed by atoms with Crippen LogP contribution in [-0.4, -0.2) is 0 Å². The fraction of sp³-hybridized carbons (Fsp3) is 0.400. The fourth-order valence-electron chi connectivity index (χ4n) is 1.41. The molecule has 0 N–H and O–H groups in total. The smallest absolute Gasteiger partial charge is 0.0225 e. The second kappa shape index (κ2) is 12.5. The van der Waals surface area contributed by atoms with Crippen molar-refractivity contribution in [2.24, 2.45) is 0 Å². The van der Waals surface area contributed by atoms with Gasteiger partial charge in [0.15, 0.2) is 0 Å². The molecule has 112 valence electrons. The van der Waals surface area contributed by atoms with E-state index in [9.17, 15) is 0 Å². The van der Waals surface area contributed by atoms with Crippen molar-refractivity contribution in [3.05, 3.63) is 65.3 Å². The van der Waals surface area contributed by atoms with Gasteiger partial charge >= 0.3 is 0 Å². The van der Waals surface area contributed by atoms with Crippen LogP contribution < -0.4 is 0 Å². The third-order valence-electron chi connectivity index (χ3n) is 2.88. The molecule has 20 heavy (non-hydrogen) atoms. The van der Waals surface area contributed by atoms with Crippen LogP contribution in [0.4, 0.5) is 0 Å². The van der Waals surface area contributed by atoms with Gasteiger partial charge in [-0.25, -0.2) is 0 Å². The van der Waals surface area contributed by atoms with E-state index in [4.69, 9.17) is 0 Å². The van der Waals surface area contributed by atoms with Crippen LogP contribution in [0, 0.1) is 13.8 Å². The summed E-state index contributed by atoms with van der Waals surface area (Å²) in [6.45, 7) is 20.2. The second-order valence-electron chi connectivity index (χ2n) is 4.26. The quantitative estimate of drug-likeness (QED) is 0.525. The summed E-state index contributed by atoms with van der Waals surface area (Å²) in [4.78, 5) is 0. The molecule has 0 bridgehead atoms. The maximum absolute atomic E-state index is 3.74. The van der Waals surface area contributed by atoms with E-state index in [-0.39, 0.29) is 0 Å². The van der Waals surface area contributed by atoms with Crippen molar-refractivity contribution in [1.29, 1.82) is 0 Å². The zero-order valence-electron chi connectivity index (χ0n) is 14.7. The molecule has 0 aliphatic heterocycles. The van der Waals surface area contributed by atoms with Crippen molar-refractivity contribution in [3.63, 3.8) is 0 Å². The molecule has 0 heteroatoms. The summed E-state index contributed by atoms with van der Waals surface area (Å²) in [5.74, 6) is 0. The van der Waals surface area contributed by atoms with Gasteiger partial charge in [0.1, 0.15) is 0 Å². The number of benzene rings is 1. The molecule has 1 aromatic carbocycles. The highest BCUT2D eigenvalue weighted by Gasteiger charge is 1.97. The van der Waals surface area contributed by atoms with E-state index in [1.165, 1.54) is 27.8 Å². The highest BCUT2D eigenvalue weighted by atomic mass is 14.0. The zero-order valence-corrected chi connectivity index (χ0v) is 14.7. The first-order chi connectivity index (χ1) is 9.54. The van der Waals surface area contributed by atoms with Crippen LogP contribution in [0.25, 0.3) is 5.57 Å². The third kappa shape index (κ3) is 7.78. The van der Waals surface area contributed by atoms with Gasteiger partial charge in [-0.2, -0.15) is 0 Å². The summed E-state index contributed by atoms with van der Waals surface area (Å²) >= 11 is 0. The zero-order chi connectivity index (χ0) is 16.1. The van der Waals surface area contributed by atoms with E-state index in [1.807, 2.05) is 33.8 Å². The largest absolute Gasteiger partial charge is 0.0988 e. The first-order valence-corrected chi connectivity index (χ1v) is 7.60. The molecule has 0 spiro atoms. The van der Waals surface area contributed by atoms with E-state index in [0.29, 0.717) is 0 Å². The molecule has 0 nitrogen and oxygen atoms in total. The van der Waals surface area contributed by atoms with Gasteiger partial charge in [0.25, 0.3) is 0 Å². The van der Waals surface area contributed by atoms with Gasteiger partial charge in [-0.15, -0.1) is 0 Å². The predicted molar refractivity (Wildman–Crippen MR) is 96.2 cm³/mol. The van der Waals surface area contributed by atoms with Crippen LogP contribution in [0.15, 0.2) is 48.6 Å². The van der Waals surface area contributed by atoms with Crippen molar-refractivity contribution in [1.82, 2.24) is 0 Å². The van der Waals surface area contributed by atoms with E-state index in [1.54, 1.807) is 0 Å². The van der Waals surface area contributed by atoms with E-state index in [0.717, 1.165) is 0 Å². The Hall–Kier alpha value is -1.56. The van der Waals surface area contributed by atoms with Crippen LogP contribution in [0.1, 0.15) is 58.2 Å². The van der Waals surface area contributed by atoms with Gasteiger partial charge in [-0.1, -0.05) is 76.3 Å². The van der Waals surface area contributed by atoms with Gasteiger partial charge in [-0.3, -0.25) is 0 Å². The Morgan fingerprint density at radius 2 is 1.45 bits per heavy atom. The number of hydrogen-bond donors (Lipinski definition) is 0. The minimum absolute atomic E-state index is 1.18. The molecule has 0 aliphatic carbocycles. The first-order valence-electron chi connectivity index (χ1n) is 7.60. The molecule has 0 unspecified atom stereocenters. The lowest BCUT2D eigenvalue weighted by atomic mass is 10.0. The normalized spacial score (nSPS) is 10.8. The van der Waals surface area contributed by atoms with Gasteiger partial charge in [-0.05, 0) is 50.0 Å². The monoisotopic (exact) mass is 272 g/mol. The third-order valence-corrected chi connectivity index (χ3v) is 2.88. The van der Waals surface area contributed by atoms with Crippen molar-refractivity contribution in [3.8, 4) is 0 Å². The van der Waals surface area contributed by atoms with Gasteiger partial charge < -0.3 is 0 Å². The first kappa shape index (κ1) is 20.8. The fourth-order valence-corrected chi connectivity index (χ4v) is 1.41. The Kier molecular flexibility index (Phi) is 12.9. The summed E-state index contributed by atoms with van der Waals surface area (Å²) in [6, 6.07) is 6.58. The minimum Gasteiger partial charge on any atom is -0.0988 e. The minimum atomic E-state index is 1.18. The summed E-state index contributed by atoms with van der Waals surface area (Å²) in [6.07, 6.45) is 6.10. The van der Waals surface area contributed by atoms with Crippen LogP contribution in [0.2, 0.25) is 0 Å². The molecule has 0 saturated carbocycles. The molecular weight excluding hydrogens is 240 g/mol. The van der Waals surface area contributed by atoms with Crippen molar-refractivity contribution in [2.45, 2.75) is 55.4 Å². The summed E-state index contributed by atoms with van der Waals surface area (Å²) in [5, 5.41) is 0. The maximum Gasteiger partial charge on any atom is -0.0225 e. The number of hydrogen-bond acceptors (Lipinski definition) is 0. The standard InChI is InChI=1S/C16H20.2C2H6/c1-6-12(2)7-8-14(4)16-10-9-13(3)15(5)11-16;2*1-2/h6-11H,1H2,2-5H3;2*1-2H3/b12-7-,14-8+;;. The van der Waals surface area contributed by atoms with E-state index < -0.39 is 0 Å². The highest BCUT2D eigenvalue weighted by Crippen LogP contribution is 2.18. The maximum atomic E-state index is 3.74. The summed E-state index contributed by atoms with van der Waals surface area (Å²) in [5.41, 5.74) is 6.44. The second-order valence-corrected chi connectivity index (χ2v) is 4.26. The molecular formula is C20H32. The summed E-state index contributed by atoms with van der Waals surface area (Å²) in [7, 11) is 0. The molecule has 0 radical (unpaired) electrons. The molecule has 1 rings (SSSR count). The van der Waals surface area contributed by atoms with Gasteiger partial charge in [0.2, 0.25) is 0 Å².